The van der Waals surface area contributed by atoms with Gasteiger partial charge in [0.2, 0.25) is 0 Å². The molecule has 0 amide bonds. The summed E-state index contributed by atoms with van der Waals surface area (Å²) < 4.78 is 0. The third kappa shape index (κ3) is 3.03. The predicted molar refractivity (Wildman–Crippen MR) is 66.2 cm³/mol. The van der Waals surface area contributed by atoms with E-state index in [4.69, 9.17) is 5.73 Å². The molecule has 0 aromatic carbocycles. The number of nitrogens with zero attached hydrogens (tertiary/aromatic N) is 4. The molecule has 1 aromatic heterocycles. The van der Waals surface area contributed by atoms with E-state index < -0.39 is 0 Å². The van der Waals surface area contributed by atoms with Gasteiger partial charge in [0.15, 0.2) is 5.82 Å². The highest BCUT2D eigenvalue weighted by atomic mass is 15.6. The molecule has 0 bridgehead atoms. The number of rotatable bonds is 2. The van der Waals surface area contributed by atoms with Gasteiger partial charge in [-0.2, -0.15) is 4.80 Å². The zero-order valence-corrected chi connectivity index (χ0v) is 11.3. The van der Waals surface area contributed by atoms with Gasteiger partial charge in [-0.3, -0.25) is 0 Å². The zero-order chi connectivity index (χ0) is 12.7. The van der Waals surface area contributed by atoms with E-state index in [1.54, 1.807) is 7.05 Å². The van der Waals surface area contributed by atoms with E-state index in [0.29, 0.717) is 11.3 Å². The number of aryl methyl sites for hydroxylation is 1. The largest absolute Gasteiger partial charge is 0.325 e. The molecule has 0 aliphatic heterocycles. The first-order chi connectivity index (χ1) is 7.78. The molecule has 1 aliphatic rings. The Hall–Kier alpha value is -0.970. The van der Waals surface area contributed by atoms with Crippen LogP contribution in [0.15, 0.2) is 0 Å². The summed E-state index contributed by atoms with van der Waals surface area (Å²) in [7, 11) is 1.78. The van der Waals surface area contributed by atoms with E-state index in [1.165, 1.54) is 11.2 Å². The van der Waals surface area contributed by atoms with Gasteiger partial charge in [0, 0.05) is 12.0 Å². The van der Waals surface area contributed by atoms with E-state index in [9.17, 15) is 0 Å². The highest BCUT2D eigenvalue weighted by Crippen LogP contribution is 2.43. The molecule has 96 valence electrons. The first-order valence-corrected chi connectivity index (χ1v) is 6.30. The SMILES string of the molecule is CC1CC(C)(C)CC(N)(Cc2nnn(C)n2)C1. The van der Waals surface area contributed by atoms with Gasteiger partial charge in [-0.15, -0.1) is 10.2 Å². The van der Waals surface area contributed by atoms with E-state index >= 15 is 0 Å². The minimum atomic E-state index is -0.176. The molecule has 5 heteroatoms. The molecule has 2 rings (SSSR count). The van der Waals surface area contributed by atoms with Gasteiger partial charge >= 0.3 is 0 Å². The maximum atomic E-state index is 6.55. The lowest BCUT2D eigenvalue weighted by molar-refractivity contribution is 0.107. The Balaban J connectivity index is 2.12. The Kier molecular flexibility index (Phi) is 2.97. The van der Waals surface area contributed by atoms with Gasteiger partial charge in [0.25, 0.3) is 0 Å². The lowest BCUT2D eigenvalue weighted by atomic mass is 9.63. The van der Waals surface area contributed by atoms with E-state index in [0.717, 1.165) is 25.1 Å². The summed E-state index contributed by atoms with van der Waals surface area (Å²) >= 11 is 0. The Morgan fingerprint density at radius 3 is 2.65 bits per heavy atom. The standard InChI is InChI=1S/C12H23N5/c1-9-5-11(2,3)8-12(13,6-9)7-10-14-16-17(4)15-10/h9H,5-8,13H2,1-4H3. The van der Waals surface area contributed by atoms with Gasteiger partial charge in [0.05, 0.1) is 7.05 Å². The molecule has 2 atom stereocenters. The van der Waals surface area contributed by atoms with E-state index in [1.807, 2.05) is 0 Å². The minimum absolute atomic E-state index is 0.176. The molecule has 2 unspecified atom stereocenters. The second kappa shape index (κ2) is 4.05. The lowest BCUT2D eigenvalue weighted by Crippen LogP contribution is -2.51. The lowest BCUT2D eigenvalue weighted by Gasteiger charge is -2.45. The monoisotopic (exact) mass is 237 g/mol. The van der Waals surface area contributed by atoms with Crippen molar-refractivity contribution in [2.75, 3.05) is 0 Å². The van der Waals surface area contributed by atoms with Gasteiger partial charge in [0.1, 0.15) is 0 Å². The van der Waals surface area contributed by atoms with Crippen LogP contribution in [0.2, 0.25) is 0 Å². The van der Waals surface area contributed by atoms with Crippen molar-refractivity contribution in [2.24, 2.45) is 24.1 Å². The fourth-order valence-electron chi connectivity index (χ4n) is 3.65. The van der Waals surface area contributed by atoms with Gasteiger partial charge in [-0.25, -0.2) is 0 Å². The maximum Gasteiger partial charge on any atom is 0.176 e. The molecule has 2 N–H and O–H groups in total. The molecule has 1 fully saturated rings. The minimum Gasteiger partial charge on any atom is -0.325 e. The fraction of sp³-hybridized carbons (Fsp3) is 0.917. The normalized spacial score (nSPS) is 32.6. The van der Waals surface area contributed by atoms with Crippen molar-refractivity contribution in [1.29, 1.82) is 0 Å². The molecule has 1 heterocycles. The second-order valence-electron chi connectivity index (χ2n) is 6.59. The summed E-state index contributed by atoms with van der Waals surface area (Å²) in [4.78, 5) is 1.50. The first kappa shape index (κ1) is 12.5. The van der Waals surface area contributed by atoms with Crippen LogP contribution in [-0.2, 0) is 13.5 Å². The average molecular weight is 237 g/mol. The predicted octanol–water partition coefficient (Wildman–Crippen LogP) is 1.30. The van der Waals surface area contributed by atoms with Crippen LogP contribution in [0.25, 0.3) is 0 Å². The Labute approximate surface area is 103 Å². The number of aromatic nitrogens is 4. The molecule has 5 nitrogen and oxygen atoms in total. The number of tetrazole rings is 1. The molecule has 1 aliphatic carbocycles. The van der Waals surface area contributed by atoms with Gasteiger partial charge in [-0.1, -0.05) is 20.8 Å². The number of nitrogens with two attached hydrogens (primary N) is 1. The summed E-state index contributed by atoms with van der Waals surface area (Å²) in [6.45, 7) is 6.88. The van der Waals surface area contributed by atoms with Crippen LogP contribution >= 0.6 is 0 Å². The van der Waals surface area contributed by atoms with Crippen molar-refractivity contribution < 1.29 is 0 Å². The third-order valence-electron chi connectivity index (χ3n) is 3.55. The highest BCUT2D eigenvalue weighted by Gasteiger charge is 2.40. The fourth-order valence-corrected chi connectivity index (χ4v) is 3.65. The van der Waals surface area contributed by atoms with E-state index in [2.05, 4.69) is 36.2 Å². The van der Waals surface area contributed by atoms with Crippen molar-refractivity contribution in [3.8, 4) is 0 Å². The summed E-state index contributed by atoms with van der Waals surface area (Å²) in [5, 5.41) is 12.2. The Morgan fingerprint density at radius 2 is 2.12 bits per heavy atom. The Morgan fingerprint density at radius 1 is 1.41 bits per heavy atom. The molecule has 17 heavy (non-hydrogen) atoms. The molecular weight excluding hydrogens is 214 g/mol. The van der Waals surface area contributed by atoms with Gasteiger partial charge < -0.3 is 5.73 Å². The van der Waals surface area contributed by atoms with Crippen LogP contribution in [0.1, 0.15) is 45.9 Å². The van der Waals surface area contributed by atoms with Crippen LogP contribution in [0.5, 0.6) is 0 Å². The summed E-state index contributed by atoms with van der Waals surface area (Å²) in [5.74, 6) is 1.43. The van der Waals surface area contributed by atoms with Crippen molar-refractivity contribution >= 4 is 0 Å². The topological polar surface area (TPSA) is 69.6 Å². The molecule has 0 radical (unpaired) electrons. The molecule has 0 spiro atoms. The van der Waals surface area contributed by atoms with Crippen molar-refractivity contribution in [1.82, 2.24) is 20.2 Å². The summed E-state index contributed by atoms with van der Waals surface area (Å²) in [5.41, 5.74) is 6.69. The van der Waals surface area contributed by atoms with Crippen molar-refractivity contribution in [3.63, 3.8) is 0 Å². The van der Waals surface area contributed by atoms with Crippen LogP contribution < -0.4 is 5.73 Å². The smallest absolute Gasteiger partial charge is 0.176 e. The van der Waals surface area contributed by atoms with Crippen LogP contribution in [0.4, 0.5) is 0 Å². The zero-order valence-electron chi connectivity index (χ0n) is 11.3. The number of hydrogen-bond donors (Lipinski definition) is 1. The van der Waals surface area contributed by atoms with Crippen molar-refractivity contribution in [2.45, 2.75) is 52.0 Å². The molecule has 1 aromatic rings. The van der Waals surface area contributed by atoms with Gasteiger partial charge in [-0.05, 0) is 35.8 Å². The second-order valence-corrected chi connectivity index (χ2v) is 6.59. The summed E-state index contributed by atoms with van der Waals surface area (Å²) in [6, 6.07) is 0. The molecule has 0 saturated heterocycles. The van der Waals surface area contributed by atoms with Crippen LogP contribution in [-0.4, -0.2) is 25.7 Å². The summed E-state index contributed by atoms with van der Waals surface area (Å²) in [6.07, 6.45) is 4.06. The Bertz CT molecular complexity index is 397. The molecule has 1 saturated carbocycles. The first-order valence-electron chi connectivity index (χ1n) is 6.30. The van der Waals surface area contributed by atoms with E-state index in [-0.39, 0.29) is 5.54 Å². The molecular formula is C12H23N5. The third-order valence-corrected chi connectivity index (χ3v) is 3.55. The van der Waals surface area contributed by atoms with Crippen LogP contribution in [0, 0.1) is 11.3 Å². The highest BCUT2D eigenvalue weighted by molar-refractivity contribution is 5.01. The van der Waals surface area contributed by atoms with Crippen LogP contribution in [0.3, 0.4) is 0 Å². The quantitative estimate of drug-likeness (QED) is 0.841. The number of hydrogen-bond acceptors (Lipinski definition) is 4. The average Bonchev–Trinajstić information content (AvgIpc) is 2.44. The maximum absolute atomic E-state index is 6.55. The van der Waals surface area contributed by atoms with Crippen molar-refractivity contribution in [3.05, 3.63) is 5.82 Å².